The molecule has 4 nitrogen and oxygen atoms in total. The Labute approximate surface area is 97.8 Å². The largest absolute Gasteiger partial charge is 0.395 e. The minimum Gasteiger partial charge on any atom is -0.395 e. The zero-order valence-corrected chi connectivity index (χ0v) is 10.0. The average molecular weight is 228 g/mol. The molecule has 0 atom stereocenters. The highest BCUT2D eigenvalue weighted by Gasteiger charge is 2.12. The van der Waals surface area contributed by atoms with E-state index >= 15 is 0 Å². The second-order valence-electron chi connectivity index (χ2n) is 4.57. The fraction of sp³-hybridized carbons (Fsp3) is 0.917. The minimum absolute atomic E-state index is 0.00313. The minimum atomic E-state index is -0.156. The molecule has 16 heavy (non-hydrogen) atoms. The van der Waals surface area contributed by atoms with Crippen molar-refractivity contribution in [3.05, 3.63) is 0 Å². The van der Waals surface area contributed by atoms with Crippen LogP contribution in [-0.4, -0.2) is 30.8 Å². The first-order chi connectivity index (χ1) is 7.83. The molecule has 0 aromatic carbocycles. The standard InChI is InChI=1S/C12H24N2O2/c15-9-8-13-12(16)14-10-11-6-4-2-1-3-5-7-11/h11,15H,1-10H2,(H2,13,14,16). The Kier molecular flexibility index (Phi) is 6.97. The molecule has 2 amide bonds. The van der Waals surface area contributed by atoms with Gasteiger partial charge in [0.1, 0.15) is 0 Å². The molecule has 0 spiro atoms. The maximum absolute atomic E-state index is 11.3. The molecule has 94 valence electrons. The summed E-state index contributed by atoms with van der Waals surface area (Å²) in [5, 5.41) is 14.0. The van der Waals surface area contributed by atoms with Crippen LogP contribution in [0.25, 0.3) is 0 Å². The number of nitrogens with one attached hydrogen (secondary N) is 2. The number of carbonyl (C=O) groups is 1. The third-order valence-corrected chi connectivity index (χ3v) is 3.17. The number of urea groups is 1. The fourth-order valence-electron chi connectivity index (χ4n) is 2.21. The Morgan fingerprint density at radius 3 is 2.31 bits per heavy atom. The van der Waals surface area contributed by atoms with Gasteiger partial charge in [0, 0.05) is 13.1 Å². The van der Waals surface area contributed by atoms with E-state index in [9.17, 15) is 4.79 Å². The number of carbonyl (C=O) groups excluding carboxylic acids is 1. The van der Waals surface area contributed by atoms with Crippen LogP contribution >= 0.6 is 0 Å². The van der Waals surface area contributed by atoms with E-state index in [0.717, 1.165) is 6.54 Å². The van der Waals surface area contributed by atoms with Crippen molar-refractivity contribution >= 4 is 6.03 Å². The van der Waals surface area contributed by atoms with Crippen molar-refractivity contribution in [2.45, 2.75) is 44.9 Å². The lowest BCUT2D eigenvalue weighted by atomic mass is 9.91. The molecule has 0 radical (unpaired) electrons. The van der Waals surface area contributed by atoms with Crippen LogP contribution in [0.15, 0.2) is 0 Å². The summed E-state index contributed by atoms with van der Waals surface area (Å²) in [6.07, 6.45) is 9.12. The van der Waals surface area contributed by atoms with Crippen molar-refractivity contribution in [3.8, 4) is 0 Å². The maximum atomic E-state index is 11.3. The lowest BCUT2D eigenvalue weighted by Crippen LogP contribution is -2.39. The molecule has 0 aromatic heterocycles. The van der Waals surface area contributed by atoms with Crippen LogP contribution in [0.4, 0.5) is 4.79 Å². The molecule has 0 unspecified atom stereocenters. The Morgan fingerprint density at radius 2 is 1.69 bits per heavy atom. The Hall–Kier alpha value is -0.770. The Balaban J connectivity index is 2.11. The van der Waals surface area contributed by atoms with Crippen molar-refractivity contribution < 1.29 is 9.90 Å². The van der Waals surface area contributed by atoms with E-state index in [1.54, 1.807) is 0 Å². The van der Waals surface area contributed by atoms with Crippen LogP contribution in [0.1, 0.15) is 44.9 Å². The quantitative estimate of drug-likeness (QED) is 0.685. The normalized spacial score (nSPS) is 18.6. The molecule has 0 aromatic rings. The number of hydrogen-bond acceptors (Lipinski definition) is 2. The first kappa shape index (κ1) is 13.3. The van der Waals surface area contributed by atoms with Gasteiger partial charge in [0.2, 0.25) is 0 Å². The lowest BCUT2D eigenvalue weighted by Gasteiger charge is -2.20. The first-order valence-electron chi connectivity index (χ1n) is 6.45. The summed E-state index contributed by atoms with van der Waals surface area (Å²) in [5.74, 6) is 0.639. The summed E-state index contributed by atoms with van der Waals surface area (Å²) in [7, 11) is 0. The molecule has 1 fully saturated rings. The highest BCUT2D eigenvalue weighted by atomic mass is 16.3. The summed E-state index contributed by atoms with van der Waals surface area (Å²) in [4.78, 5) is 11.3. The van der Waals surface area contributed by atoms with Crippen molar-refractivity contribution in [2.75, 3.05) is 19.7 Å². The third-order valence-electron chi connectivity index (χ3n) is 3.17. The summed E-state index contributed by atoms with van der Waals surface area (Å²) in [5.41, 5.74) is 0. The van der Waals surface area contributed by atoms with Crippen LogP contribution in [0.3, 0.4) is 0 Å². The molecular formula is C12H24N2O2. The number of hydrogen-bond donors (Lipinski definition) is 3. The second kappa shape index (κ2) is 8.39. The van der Waals surface area contributed by atoms with E-state index in [4.69, 9.17) is 5.11 Å². The van der Waals surface area contributed by atoms with Crippen molar-refractivity contribution in [2.24, 2.45) is 5.92 Å². The molecule has 0 saturated heterocycles. The van der Waals surface area contributed by atoms with Crippen molar-refractivity contribution in [3.63, 3.8) is 0 Å². The van der Waals surface area contributed by atoms with Crippen LogP contribution in [0, 0.1) is 5.92 Å². The Morgan fingerprint density at radius 1 is 1.06 bits per heavy atom. The van der Waals surface area contributed by atoms with Crippen molar-refractivity contribution in [1.82, 2.24) is 10.6 Å². The molecule has 1 aliphatic carbocycles. The van der Waals surface area contributed by atoms with Gasteiger partial charge in [0.15, 0.2) is 0 Å². The SMILES string of the molecule is O=C(NCCO)NCC1CCCCCCC1. The van der Waals surface area contributed by atoms with Gasteiger partial charge in [-0.25, -0.2) is 4.79 Å². The van der Waals surface area contributed by atoms with Crippen molar-refractivity contribution in [1.29, 1.82) is 0 Å². The summed E-state index contributed by atoms with van der Waals surface area (Å²) in [6.45, 7) is 1.10. The monoisotopic (exact) mass is 228 g/mol. The molecule has 0 bridgehead atoms. The predicted octanol–water partition coefficient (Wildman–Crippen LogP) is 1.64. The van der Waals surface area contributed by atoms with Crippen LogP contribution in [-0.2, 0) is 0 Å². The van der Waals surface area contributed by atoms with Gasteiger partial charge >= 0.3 is 6.03 Å². The maximum Gasteiger partial charge on any atom is 0.314 e. The van der Waals surface area contributed by atoms with Crippen LogP contribution in [0.5, 0.6) is 0 Å². The zero-order valence-electron chi connectivity index (χ0n) is 10.0. The van der Waals surface area contributed by atoms with Gasteiger partial charge < -0.3 is 15.7 Å². The summed E-state index contributed by atoms with van der Waals surface area (Å²) >= 11 is 0. The highest BCUT2D eigenvalue weighted by molar-refractivity contribution is 5.73. The van der Waals surface area contributed by atoms with E-state index < -0.39 is 0 Å². The van der Waals surface area contributed by atoms with E-state index in [1.165, 1.54) is 44.9 Å². The topological polar surface area (TPSA) is 61.4 Å². The van der Waals surface area contributed by atoms with E-state index in [0.29, 0.717) is 12.5 Å². The van der Waals surface area contributed by atoms with Gasteiger partial charge in [-0.15, -0.1) is 0 Å². The predicted molar refractivity (Wildman–Crippen MR) is 64.3 cm³/mol. The van der Waals surface area contributed by atoms with Gasteiger partial charge in [0.25, 0.3) is 0 Å². The van der Waals surface area contributed by atoms with Crippen LogP contribution in [0.2, 0.25) is 0 Å². The highest BCUT2D eigenvalue weighted by Crippen LogP contribution is 2.21. The number of aliphatic hydroxyl groups excluding tert-OH is 1. The van der Waals surface area contributed by atoms with Gasteiger partial charge in [-0.2, -0.15) is 0 Å². The molecule has 1 aliphatic rings. The molecule has 0 heterocycles. The van der Waals surface area contributed by atoms with Gasteiger partial charge in [0.05, 0.1) is 6.61 Å². The third kappa shape index (κ3) is 5.95. The first-order valence-corrected chi connectivity index (χ1v) is 6.45. The second-order valence-corrected chi connectivity index (χ2v) is 4.57. The fourth-order valence-corrected chi connectivity index (χ4v) is 2.21. The van der Waals surface area contributed by atoms with E-state index in [1.807, 2.05) is 0 Å². The molecule has 1 saturated carbocycles. The summed E-state index contributed by atoms with van der Waals surface area (Å²) in [6, 6.07) is -0.156. The smallest absolute Gasteiger partial charge is 0.314 e. The van der Waals surface area contributed by atoms with Gasteiger partial charge in [-0.1, -0.05) is 32.1 Å². The summed E-state index contributed by atoms with van der Waals surface area (Å²) < 4.78 is 0. The average Bonchev–Trinajstić information content (AvgIpc) is 2.25. The van der Waals surface area contributed by atoms with Gasteiger partial charge in [-0.3, -0.25) is 0 Å². The number of rotatable bonds is 4. The molecule has 1 rings (SSSR count). The van der Waals surface area contributed by atoms with E-state index in [-0.39, 0.29) is 12.6 Å². The van der Waals surface area contributed by atoms with Gasteiger partial charge in [-0.05, 0) is 18.8 Å². The van der Waals surface area contributed by atoms with E-state index in [2.05, 4.69) is 10.6 Å². The number of aliphatic hydroxyl groups is 1. The molecular weight excluding hydrogens is 204 g/mol. The lowest BCUT2D eigenvalue weighted by molar-refractivity contribution is 0.231. The number of amides is 2. The zero-order chi connectivity index (χ0) is 11.6. The van der Waals surface area contributed by atoms with Crippen LogP contribution < -0.4 is 10.6 Å². The molecule has 4 heteroatoms. The molecule has 0 aliphatic heterocycles. The Bertz CT molecular complexity index is 189. The molecule has 3 N–H and O–H groups in total.